The van der Waals surface area contributed by atoms with Gasteiger partial charge < -0.3 is 19.9 Å². The number of carbonyl (C=O) groups excluding carboxylic acids is 1. The van der Waals surface area contributed by atoms with Crippen molar-refractivity contribution < 1.29 is 13.9 Å². The average Bonchev–Trinajstić information content (AvgIpc) is 2.98. The number of methoxy groups -OCH3 is 1. The van der Waals surface area contributed by atoms with Crippen molar-refractivity contribution in [3.63, 3.8) is 0 Å². The fourth-order valence-electron chi connectivity index (χ4n) is 4.98. The molecular formula is C30H32FN5O4. The van der Waals surface area contributed by atoms with Crippen LogP contribution in [0.25, 0.3) is 10.9 Å². The van der Waals surface area contributed by atoms with E-state index in [0.717, 1.165) is 49.3 Å². The summed E-state index contributed by atoms with van der Waals surface area (Å²) in [6.07, 6.45) is 0.770. The first-order valence-electron chi connectivity index (χ1n) is 13.3. The predicted molar refractivity (Wildman–Crippen MR) is 153 cm³/mol. The highest BCUT2D eigenvalue weighted by atomic mass is 19.1. The number of nitrogens with zero attached hydrogens (tertiary/aromatic N) is 3. The van der Waals surface area contributed by atoms with Crippen LogP contribution in [0.1, 0.15) is 22.3 Å². The van der Waals surface area contributed by atoms with Gasteiger partial charge in [0.25, 0.3) is 11.5 Å². The molecule has 208 valence electrons. The Morgan fingerprint density at radius 1 is 1.00 bits per heavy atom. The van der Waals surface area contributed by atoms with Crippen molar-refractivity contribution in [2.45, 2.75) is 13.0 Å². The number of carbonyl (C=O) groups is 1. The van der Waals surface area contributed by atoms with Gasteiger partial charge in [0.05, 0.1) is 30.2 Å². The monoisotopic (exact) mass is 545 g/mol. The summed E-state index contributed by atoms with van der Waals surface area (Å²) in [6, 6.07) is 18.7. The second-order valence-corrected chi connectivity index (χ2v) is 9.82. The van der Waals surface area contributed by atoms with E-state index in [2.05, 4.69) is 20.1 Å². The van der Waals surface area contributed by atoms with Gasteiger partial charge in [-0.1, -0.05) is 24.3 Å². The molecule has 0 bridgehead atoms. The number of rotatable bonds is 9. The van der Waals surface area contributed by atoms with Gasteiger partial charge in [-0.15, -0.1) is 0 Å². The van der Waals surface area contributed by atoms with Crippen LogP contribution in [-0.4, -0.2) is 66.7 Å². The quantitative estimate of drug-likeness (QED) is 0.314. The summed E-state index contributed by atoms with van der Waals surface area (Å²) in [4.78, 5) is 45.6. The lowest BCUT2D eigenvalue weighted by atomic mass is 10.1. The standard InChI is InChI=1S/C30H32FN5O4/c1-40-23-10-7-21(8-11-23)20-36-29(38)24-12-9-22(19-26(24)33-30(36)39)28(37)32-13-4-14-34-15-17-35(18-16-34)27-6-3-2-5-25(27)31/h2-3,5-12,19H,4,13-18,20H2,1H3,(H,32,37)(H,33,39). The Morgan fingerprint density at radius 2 is 1.75 bits per heavy atom. The molecule has 1 aromatic heterocycles. The summed E-state index contributed by atoms with van der Waals surface area (Å²) in [6.45, 7) is 4.60. The zero-order valence-electron chi connectivity index (χ0n) is 22.4. The molecule has 1 amide bonds. The van der Waals surface area contributed by atoms with Crippen LogP contribution in [0.4, 0.5) is 10.1 Å². The van der Waals surface area contributed by atoms with Crippen LogP contribution in [-0.2, 0) is 6.54 Å². The van der Waals surface area contributed by atoms with Crippen molar-refractivity contribution in [1.82, 2.24) is 19.8 Å². The van der Waals surface area contributed by atoms with Crippen LogP contribution >= 0.6 is 0 Å². The second-order valence-electron chi connectivity index (χ2n) is 9.82. The fraction of sp³-hybridized carbons (Fsp3) is 0.300. The summed E-state index contributed by atoms with van der Waals surface area (Å²) in [5.41, 5.74) is 1.16. The molecule has 9 nitrogen and oxygen atoms in total. The van der Waals surface area contributed by atoms with Crippen molar-refractivity contribution in [2.75, 3.05) is 51.3 Å². The zero-order chi connectivity index (χ0) is 28.1. The van der Waals surface area contributed by atoms with Crippen molar-refractivity contribution >= 4 is 22.5 Å². The van der Waals surface area contributed by atoms with Gasteiger partial charge in [0.1, 0.15) is 11.6 Å². The molecule has 0 saturated carbocycles. The van der Waals surface area contributed by atoms with E-state index in [1.165, 1.54) is 12.1 Å². The maximum absolute atomic E-state index is 14.0. The third-order valence-electron chi connectivity index (χ3n) is 7.25. The van der Waals surface area contributed by atoms with Gasteiger partial charge in [-0.05, 0) is 61.0 Å². The summed E-state index contributed by atoms with van der Waals surface area (Å²) in [7, 11) is 1.57. The number of aromatic amines is 1. The largest absolute Gasteiger partial charge is 0.497 e. The molecule has 1 aliphatic heterocycles. The average molecular weight is 546 g/mol. The Bertz CT molecular complexity index is 1610. The Kier molecular flexibility index (Phi) is 8.26. The zero-order valence-corrected chi connectivity index (χ0v) is 22.4. The van der Waals surface area contributed by atoms with Crippen LogP contribution in [0.2, 0.25) is 0 Å². The maximum Gasteiger partial charge on any atom is 0.329 e. The lowest BCUT2D eigenvalue weighted by molar-refractivity contribution is 0.0951. The smallest absolute Gasteiger partial charge is 0.329 e. The summed E-state index contributed by atoms with van der Waals surface area (Å²) in [5, 5.41) is 3.25. The van der Waals surface area contributed by atoms with E-state index in [1.807, 2.05) is 6.07 Å². The van der Waals surface area contributed by atoms with Gasteiger partial charge in [-0.3, -0.25) is 19.1 Å². The fourth-order valence-corrected chi connectivity index (χ4v) is 4.98. The van der Waals surface area contributed by atoms with E-state index in [4.69, 9.17) is 4.74 Å². The molecule has 1 saturated heterocycles. The number of fused-ring (bicyclic) bond motifs is 1. The van der Waals surface area contributed by atoms with E-state index in [1.54, 1.807) is 55.6 Å². The molecule has 4 aromatic rings. The van der Waals surface area contributed by atoms with E-state index < -0.39 is 11.2 Å². The molecule has 40 heavy (non-hydrogen) atoms. The van der Waals surface area contributed by atoms with Gasteiger partial charge >= 0.3 is 5.69 Å². The first kappa shape index (κ1) is 27.1. The molecule has 0 atom stereocenters. The molecule has 2 heterocycles. The number of halogens is 1. The van der Waals surface area contributed by atoms with E-state index in [9.17, 15) is 18.8 Å². The van der Waals surface area contributed by atoms with Crippen molar-refractivity contribution in [1.29, 1.82) is 0 Å². The SMILES string of the molecule is COc1ccc(Cn2c(=O)[nH]c3cc(C(=O)NCCCN4CCN(c5ccccc5F)CC4)ccc3c2=O)cc1. The predicted octanol–water partition coefficient (Wildman–Crippen LogP) is 2.83. The number of nitrogens with one attached hydrogen (secondary N) is 2. The second kappa shape index (κ2) is 12.2. The highest BCUT2D eigenvalue weighted by Crippen LogP contribution is 2.20. The Morgan fingerprint density at radius 3 is 2.48 bits per heavy atom. The summed E-state index contributed by atoms with van der Waals surface area (Å²) < 4.78 is 20.3. The first-order chi connectivity index (χ1) is 19.4. The summed E-state index contributed by atoms with van der Waals surface area (Å²) >= 11 is 0. The number of benzene rings is 3. The lowest BCUT2D eigenvalue weighted by Crippen LogP contribution is -2.47. The highest BCUT2D eigenvalue weighted by Gasteiger charge is 2.19. The molecule has 3 aromatic carbocycles. The maximum atomic E-state index is 14.0. The third-order valence-corrected chi connectivity index (χ3v) is 7.25. The van der Waals surface area contributed by atoms with Gasteiger partial charge in [0, 0.05) is 38.3 Å². The van der Waals surface area contributed by atoms with Gasteiger partial charge in [-0.25, -0.2) is 9.18 Å². The third kappa shape index (κ3) is 6.07. The number of para-hydroxylation sites is 1. The van der Waals surface area contributed by atoms with Crippen LogP contribution in [0, 0.1) is 5.82 Å². The molecule has 2 N–H and O–H groups in total. The molecule has 5 rings (SSSR count). The Balaban J connectivity index is 1.14. The molecule has 10 heteroatoms. The highest BCUT2D eigenvalue weighted by molar-refractivity contribution is 5.97. The Labute approximate surface area is 230 Å². The topological polar surface area (TPSA) is 99.7 Å². The normalized spacial score (nSPS) is 13.9. The number of ether oxygens (including phenoxy) is 1. The molecule has 1 aliphatic rings. The number of H-pyrrole nitrogens is 1. The molecule has 0 radical (unpaired) electrons. The van der Waals surface area contributed by atoms with E-state index in [0.29, 0.717) is 34.4 Å². The number of anilines is 1. The Hall–Kier alpha value is -4.44. The van der Waals surface area contributed by atoms with Gasteiger partial charge in [0.15, 0.2) is 0 Å². The molecule has 0 spiro atoms. The van der Waals surface area contributed by atoms with Crippen molar-refractivity contribution in [3.8, 4) is 5.75 Å². The van der Waals surface area contributed by atoms with E-state index >= 15 is 0 Å². The number of hydrogen-bond donors (Lipinski definition) is 2. The summed E-state index contributed by atoms with van der Waals surface area (Å²) in [5.74, 6) is 0.221. The molecule has 0 unspecified atom stereocenters. The van der Waals surface area contributed by atoms with Crippen molar-refractivity contribution in [3.05, 3.63) is 105 Å². The minimum atomic E-state index is -0.541. The molecular weight excluding hydrogens is 513 g/mol. The molecule has 1 fully saturated rings. The van der Waals surface area contributed by atoms with E-state index in [-0.39, 0.29) is 18.3 Å². The van der Waals surface area contributed by atoms with Crippen molar-refractivity contribution in [2.24, 2.45) is 0 Å². The number of aromatic nitrogens is 2. The minimum absolute atomic E-state index is 0.120. The van der Waals surface area contributed by atoms with Crippen LogP contribution in [0.15, 0.2) is 76.3 Å². The first-order valence-corrected chi connectivity index (χ1v) is 13.3. The van der Waals surface area contributed by atoms with Gasteiger partial charge in [0.2, 0.25) is 0 Å². The van der Waals surface area contributed by atoms with Crippen LogP contribution in [0.3, 0.4) is 0 Å². The number of amides is 1. The van der Waals surface area contributed by atoms with Gasteiger partial charge in [-0.2, -0.15) is 0 Å². The number of piperazine rings is 1. The number of hydrogen-bond acceptors (Lipinski definition) is 6. The molecule has 0 aliphatic carbocycles. The van der Waals surface area contributed by atoms with Crippen LogP contribution < -0.4 is 26.2 Å². The minimum Gasteiger partial charge on any atom is -0.497 e. The van der Waals surface area contributed by atoms with Crippen LogP contribution in [0.5, 0.6) is 5.75 Å². The lowest BCUT2D eigenvalue weighted by Gasteiger charge is -2.36.